The van der Waals surface area contributed by atoms with Gasteiger partial charge in [-0.25, -0.2) is 9.18 Å². The number of carboxylic acid groups (broad SMARTS) is 1. The number of nitrogens with one attached hydrogen (secondary N) is 1. The van der Waals surface area contributed by atoms with Crippen molar-refractivity contribution >= 4 is 6.09 Å². The SMILES string of the molecule is C[C@@H](NC(=O)O)c1ccc(F)c[n+]1[O-]. The molecule has 0 aliphatic carbocycles. The van der Waals surface area contributed by atoms with E-state index in [0.29, 0.717) is 4.73 Å². The van der Waals surface area contributed by atoms with E-state index in [2.05, 4.69) is 5.32 Å². The highest BCUT2D eigenvalue weighted by molar-refractivity contribution is 5.64. The third-order valence-electron chi connectivity index (χ3n) is 1.69. The van der Waals surface area contributed by atoms with Gasteiger partial charge in [-0.2, -0.15) is 4.73 Å². The molecule has 0 aromatic carbocycles. The molecule has 76 valence electrons. The summed E-state index contributed by atoms with van der Waals surface area (Å²) < 4.78 is 12.8. The molecule has 0 aliphatic heterocycles. The molecule has 5 nitrogen and oxygen atoms in total. The number of carbonyl (C=O) groups is 1. The Balaban J connectivity index is 2.90. The quantitative estimate of drug-likeness (QED) is 0.547. The molecule has 0 fully saturated rings. The molecule has 0 bridgehead atoms. The highest BCUT2D eigenvalue weighted by atomic mass is 19.1. The van der Waals surface area contributed by atoms with Crippen molar-refractivity contribution in [2.75, 3.05) is 0 Å². The Labute approximate surface area is 79.4 Å². The summed E-state index contributed by atoms with van der Waals surface area (Å²) in [5.74, 6) is -0.661. The van der Waals surface area contributed by atoms with Gasteiger partial charge in [0.05, 0.1) is 0 Å². The van der Waals surface area contributed by atoms with Crippen molar-refractivity contribution < 1.29 is 19.0 Å². The van der Waals surface area contributed by atoms with Crippen molar-refractivity contribution in [1.29, 1.82) is 0 Å². The molecule has 0 aliphatic rings. The van der Waals surface area contributed by atoms with E-state index in [0.717, 1.165) is 12.3 Å². The lowest BCUT2D eigenvalue weighted by molar-refractivity contribution is -0.617. The largest absolute Gasteiger partial charge is 0.618 e. The Morgan fingerprint density at radius 1 is 1.71 bits per heavy atom. The van der Waals surface area contributed by atoms with Gasteiger partial charge in [-0.3, -0.25) is 0 Å². The number of hydrogen-bond acceptors (Lipinski definition) is 2. The van der Waals surface area contributed by atoms with Crippen LogP contribution in [0.5, 0.6) is 0 Å². The summed E-state index contributed by atoms with van der Waals surface area (Å²) in [5.41, 5.74) is 0.147. The number of aromatic nitrogens is 1. The number of rotatable bonds is 2. The minimum atomic E-state index is -1.23. The predicted molar refractivity (Wildman–Crippen MR) is 44.9 cm³/mol. The number of amides is 1. The van der Waals surface area contributed by atoms with Crippen LogP contribution in [0.3, 0.4) is 0 Å². The van der Waals surface area contributed by atoms with Crippen molar-refractivity contribution in [3.05, 3.63) is 35.0 Å². The van der Waals surface area contributed by atoms with Gasteiger partial charge in [0.15, 0.2) is 5.82 Å². The fraction of sp³-hybridized carbons (Fsp3) is 0.250. The number of nitrogens with zero attached hydrogens (tertiary/aromatic N) is 1. The second-order valence-corrected chi connectivity index (χ2v) is 2.77. The average molecular weight is 200 g/mol. The van der Waals surface area contributed by atoms with E-state index < -0.39 is 18.0 Å². The van der Waals surface area contributed by atoms with Crippen LogP contribution in [-0.2, 0) is 0 Å². The van der Waals surface area contributed by atoms with E-state index in [1.54, 1.807) is 0 Å². The van der Waals surface area contributed by atoms with Gasteiger partial charge >= 0.3 is 6.09 Å². The predicted octanol–water partition coefficient (Wildman–Crippen LogP) is 0.788. The molecule has 1 amide bonds. The van der Waals surface area contributed by atoms with Crippen molar-refractivity contribution in [3.8, 4) is 0 Å². The lowest BCUT2D eigenvalue weighted by Crippen LogP contribution is -2.38. The maximum atomic E-state index is 12.5. The molecular formula is C8H9FN2O3. The summed E-state index contributed by atoms with van der Waals surface area (Å²) in [4.78, 5) is 10.3. The first kappa shape index (κ1) is 10.2. The zero-order chi connectivity index (χ0) is 10.7. The monoisotopic (exact) mass is 200 g/mol. The van der Waals surface area contributed by atoms with Crippen LogP contribution >= 0.6 is 0 Å². The molecule has 1 atom stereocenters. The number of hydrogen-bond donors (Lipinski definition) is 2. The van der Waals surface area contributed by atoms with E-state index in [1.165, 1.54) is 13.0 Å². The molecule has 0 radical (unpaired) electrons. The summed E-state index contributed by atoms with van der Waals surface area (Å²) in [6.07, 6.45) is -0.489. The van der Waals surface area contributed by atoms with Crippen LogP contribution in [0.2, 0.25) is 0 Å². The van der Waals surface area contributed by atoms with Crippen molar-refractivity contribution in [1.82, 2.24) is 5.32 Å². The van der Waals surface area contributed by atoms with E-state index >= 15 is 0 Å². The summed E-state index contributed by atoms with van der Waals surface area (Å²) >= 11 is 0. The van der Waals surface area contributed by atoms with E-state index in [9.17, 15) is 14.4 Å². The summed E-state index contributed by atoms with van der Waals surface area (Å²) in [5, 5.41) is 21.6. The van der Waals surface area contributed by atoms with E-state index in [4.69, 9.17) is 5.11 Å². The smallest absolute Gasteiger partial charge is 0.405 e. The third kappa shape index (κ3) is 2.32. The van der Waals surface area contributed by atoms with Crippen LogP contribution < -0.4 is 10.0 Å². The third-order valence-corrected chi connectivity index (χ3v) is 1.69. The van der Waals surface area contributed by atoms with Crippen LogP contribution in [0.1, 0.15) is 18.7 Å². The topological polar surface area (TPSA) is 76.3 Å². The first-order valence-corrected chi connectivity index (χ1v) is 3.89. The molecule has 0 saturated carbocycles. The molecule has 14 heavy (non-hydrogen) atoms. The van der Waals surface area contributed by atoms with Gasteiger partial charge in [-0.15, -0.1) is 0 Å². The lowest BCUT2D eigenvalue weighted by atomic mass is 10.2. The molecule has 0 spiro atoms. The Kier molecular flexibility index (Phi) is 2.85. The Bertz CT molecular complexity index is 356. The van der Waals surface area contributed by atoms with Gasteiger partial charge < -0.3 is 15.6 Å². The summed E-state index contributed by atoms with van der Waals surface area (Å²) in [6.45, 7) is 1.50. The molecule has 1 heterocycles. The molecular weight excluding hydrogens is 191 g/mol. The molecule has 6 heteroatoms. The fourth-order valence-electron chi connectivity index (χ4n) is 1.06. The first-order chi connectivity index (χ1) is 6.50. The normalized spacial score (nSPS) is 12.1. The van der Waals surface area contributed by atoms with Crippen LogP contribution in [0.25, 0.3) is 0 Å². The van der Waals surface area contributed by atoms with E-state index in [1.807, 2.05) is 0 Å². The van der Waals surface area contributed by atoms with Crippen LogP contribution in [0, 0.1) is 11.0 Å². The van der Waals surface area contributed by atoms with Gasteiger partial charge in [-0.1, -0.05) is 0 Å². The Morgan fingerprint density at radius 3 is 2.86 bits per heavy atom. The second-order valence-electron chi connectivity index (χ2n) is 2.77. The zero-order valence-corrected chi connectivity index (χ0v) is 7.40. The molecule has 0 saturated heterocycles. The Morgan fingerprint density at radius 2 is 2.36 bits per heavy atom. The minimum absolute atomic E-state index is 0.147. The van der Waals surface area contributed by atoms with Crippen LogP contribution in [-0.4, -0.2) is 11.2 Å². The molecule has 2 N–H and O–H groups in total. The highest BCUT2D eigenvalue weighted by Crippen LogP contribution is 2.07. The molecule has 1 rings (SSSR count). The highest BCUT2D eigenvalue weighted by Gasteiger charge is 2.16. The van der Waals surface area contributed by atoms with Crippen molar-refractivity contribution in [2.24, 2.45) is 0 Å². The minimum Gasteiger partial charge on any atom is -0.618 e. The molecule has 0 unspecified atom stereocenters. The van der Waals surface area contributed by atoms with Gasteiger partial charge in [0.2, 0.25) is 11.9 Å². The summed E-state index contributed by atoms with van der Waals surface area (Å²) in [7, 11) is 0. The fourth-order valence-corrected chi connectivity index (χ4v) is 1.06. The van der Waals surface area contributed by atoms with E-state index in [-0.39, 0.29) is 5.69 Å². The number of halogens is 1. The second kappa shape index (κ2) is 3.91. The average Bonchev–Trinajstić information content (AvgIpc) is 2.01. The van der Waals surface area contributed by atoms with Crippen molar-refractivity contribution in [2.45, 2.75) is 13.0 Å². The van der Waals surface area contributed by atoms with Gasteiger partial charge in [0, 0.05) is 6.07 Å². The molecule has 1 aromatic rings. The van der Waals surface area contributed by atoms with Gasteiger partial charge in [0.25, 0.3) is 0 Å². The molecule has 1 aromatic heterocycles. The van der Waals surface area contributed by atoms with Gasteiger partial charge in [-0.05, 0) is 13.0 Å². The lowest BCUT2D eigenvalue weighted by Gasteiger charge is -2.10. The summed E-state index contributed by atoms with van der Waals surface area (Å²) in [6, 6.07) is 1.66. The number of pyridine rings is 1. The maximum Gasteiger partial charge on any atom is 0.405 e. The van der Waals surface area contributed by atoms with Crippen LogP contribution in [0.4, 0.5) is 9.18 Å². The van der Waals surface area contributed by atoms with Crippen LogP contribution in [0.15, 0.2) is 18.3 Å². The van der Waals surface area contributed by atoms with Crippen molar-refractivity contribution in [3.63, 3.8) is 0 Å². The first-order valence-electron chi connectivity index (χ1n) is 3.89. The zero-order valence-electron chi connectivity index (χ0n) is 7.40. The standard InChI is InChI=1S/C8H9FN2O3/c1-5(10-8(12)13)7-3-2-6(9)4-11(7)14/h2-5,10H,1H3,(H,12,13)/t5-/m1/s1. The maximum absolute atomic E-state index is 12.5. The Hall–Kier alpha value is -1.85. The van der Waals surface area contributed by atoms with Gasteiger partial charge in [0.1, 0.15) is 6.04 Å².